The van der Waals surface area contributed by atoms with Crippen molar-refractivity contribution in [2.45, 2.75) is 52.4 Å². The summed E-state index contributed by atoms with van der Waals surface area (Å²) in [5.41, 5.74) is 1.01. The van der Waals surface area contributed by atoms with E-state index in [0.717, 1.165) is 15.6 Å². The standard InChI is InChI=1S/C12H19NO2S/c1-7(6-9(14)15)10-8(2)13-11(16-10)12(3,4)5/h7H,6H2,1-5H3,(H,14,15). The number of carboxylic acids is 1. The molecule has 0 saturated heterocycles. The smallest absolute Gasteiger partial charge is 0.303 e. The lowest BCUT2D eigenvalue weighted by molar-refractivity contribution is -0.137. The maximum absolute atomic E-state index is 10.7. The van der Waals surface area contributed by atoms with Gasteiger partial charge in [-0.3, -0.25) is 4.79 Å². The Morgan fingerprint density at radius 3 is 2.44 bits per heavy atom. The number of carboxylic acid groups (broad SMARTS) is 1. The molecule has 0 aliphatic rings. The quantitative estimate of drug-likeness (QED) is 0.883. The fraction of sp³-hybridized carbons (Fsp3) is 0.667. The second-order valence-electron chi connectivity index (χ2n) is 5.22. The predicted octanol–water partition coefficient (Wildman–Crippen LogP) is 3.33. The van der Waals surface area contributed by atoms with Gasteiger partial charge < -0.3 is 5.11 Å². The fourth-order valence-corrected chi connectivity index (χ4v) is 2.72. The molecular formula is C12H19NO2S. The van der Waals surface area contributed by atoms with Crippen molar-refractivity contribution in [1.29, 1.82) is 0 Å². The molecule has 3 nitrogen and oxygen atoms in total. The highest BCUT2D eigenvalue weighted by atomic mass is 32.1. The van der Waals surface area contributed by atoms with Crippen molar-refractivity contribution in [3.63, 3.8) is 0 Å². The summed E-state index contributed by atoms with van der Waals surface area (Å²) in [5, 5.41) is 9.87. The van der Waals surface area contributed by atoms with E-state index in [1.807, 2.05) is 13.8 Å². The molecule has 0 spiro atoms. The molecule has 90 valence electrons. The number of rotatable bonds is 3. The van der Waals surface area contributed by atoms with Crippen molar-refractivity contribution in [1.82, 2.24) is 4.98 Å². The summed E-state index contributed by atoms with van der Waals surface area (Å²) < 4.78 is 0. The highest BCUT2D eigenvalue weighted by Crippen LogP contribution is 2.34. The van der Waals surface area contributed by atoms with Crippen LogP contribution in [0.2, 0.25) is 0 Å². The Morgan fingerprint density at radius 1 is 1.50 bits per heavy atom. The van der Waals surface area contributed by atoms with E-state index in [1.165, 1.54) is 0 Å². The second-order valence-corrected chi connectivity index (χ2v) is 6.25. The zero-order valence-corrected chi connectivity index (χ0v) is 11.3. The number of carbonyl (C=O) groups is 1. The van der Waals surface area contributed by atoms with Gasteiger partial charge in [0.15, 0.2) is 0 Å². The number of aliphatic carboxylic acids is 1. The molecular weight excluding hydrogens is 222 g/mol. The first-order valence-corrected chi connectivity index (χ1v) is 6.23. The van der Waals surface area contributed by atoms with E-state index in [0.29, 0.717) is 0 Å². The van der Waals surface area contributed by atoms with Crippen LogP contribution < -0.4 is 0 Å². The summed E-state index contributed by atoms with van der Waals surface area (Å²) in [7, 11) is 0. The molecule has 1 aromatic rings. The van der Waals surface area contributed by atoms with Crippen molar-refractivity contribution >= 4 is 17.3 Å². The highest BCUT2D eigenvalue weighted by Gasteiger charge is 2.23. The van der Waals surface area contributed by atoms with Gasteiger partial charge in [0.05, 0.1) is 17.1 Å². The van der Waals surface area contributed by atoms with Crippen molar-refractivity contribution in [2.24, 2.45) is 0 Å². The molecule has 1 aromatic heterocycles. The molecule has 16 heavy (non-hydrogen) atoms. The zero-order valence-electron chi connectivity index (χ0n) is 10.5. The summed E-state index contributed by atoms with van der Waals surface area (Å²) >= 11 is 1.64. The van der Waals surface area contributed by atoms with Crippen LogP contribution in [0.4, 0.5) is 0 Å². The third kappa shape index (κ3) is 3.04. The molecule has 4 heteroatoms. The van der Waals surface area contributed by atoms with Crippen LogP contribution >= 0.6 is 11.3 Å². The molecule has 1 unspecified atom stereocenters. The summed E-state index contributed by atoms with van der Waals surface area (Å²) in [6.07, 6.45) is 0.173. The zero-order chi connectivity index (χ0) is 12.5. The molecule has 0 saturated carbocycles. The van der Waals surface area contributed by atoms with Gasteiger partial charge in [0.2, 0.25) is 0 Å². The lowest BCUT2D eigenvalue weighted by Gasteiger charge is -2.13. The minimum absolute atomic E-state index is 0.0383. The van der Waals surface area contributed by atoms with Crippen LogP contribution in [0, 0.1) is 6.92 Å². The molecule has 0 fully saturated rings. The average molecular weight is 241 g/mol. The van der Waals surface area contributed by atoms with E-state index in [1.54, 1.807) is 11.3 Å². The molecule has 1 N–H and O–H groups in total. The second kappa shape index (κ2) is 4.53. The Hall–Kier alpha value is -0.900. The summed E-state index contributed by atoms with van der Waals surface area (Å²) in [4.78, 5) is 16.3. The largest absolute Gasteiger partial charge is 0.481 e. The Morgan fingerprint density at radius 2 is 2.06 bits per heavy atom. The van der Waals surface area contributed by atoms with Crippen LogP contribution in [-0.2, 0) is 10.2 Å². The topological polar surface area (TPSA) is 50.2 Å². The maximum Gasteiger partial charge on any atom is 0.303 e. The van der Waals surface area contributed by atoms with Crippen LogP contribution in [0.1, 0.15) is 55.6 Å². The Bertz CT molecular complexity index is 390. The monoisotopic (exact) mass is 241 g/mol. The molecule has 0 aliphatic carbocycles. The number of hydrogen-bond acceptors (Lipinski definition) is 3. The van der Waals surface area contributed by atoms with Crippen molar-refractivity contribution < 1.29 is 9.90 Å². The Labute approximate surface area is 101 Å². The number of aromatic nitrogens is 1. The van der Waals surface area contributed by atoms with Crippen molar-refractivity contribution in [2.75, 3.05) is 0 Å². The molecule has 1 heterocycles. The average Bonchev–Trinajstić information content (AvgIpc) is 2.44. The van der Waals surface area contributed by atoms with Gasteiger partial charge in [-0.1, -0.05) is 27.7 Å². The third-order valence-electron chi connectivity index (χ3n) is 2.40. The molecule has 0 amide bonds. The molecule has 0 aliphatic heterocycles. The summed E-state index contributed by atoms with van der Waals surface area (Å²) in [5.74, 6) is -0.705. The van der Waals surface area contributed by atoms with Crippen molar-refractivity contribution in [3.05, 3.63) is 15.6 Å². The number of hydrogen-bond donors (Lipinski definition) is 1. The summed E-state index contributed by atoms with van der Waals surface area (Å²) in [6, 6.07) is 0. The maximum atomic E-state index is 10.7. The van der Waals surface area contributed by atoms with Gasteiger partial charge in [0.1, 0.15) is 0 Å². The van der Waals surface area contributed by atoms with Crippen LogP contribution in [0.15, 0.2) is 0 Å². The van der Waals surface area contributed by atoms with Crippen LogP contribution in [0.25, 0.3) is 0 Å². The van der Waals surface area contributed by atoms with E-state index < -0.39 is 5.97 Å². The molecule has 1 rings (SSSR count). The molecule has 0 bridgehead atoms. The van der Waals surface area contributed by atoms with Gasteiger partial charge in [0.25, 0.3) is 0 Å². The van der Waals surface area contributed by atoms with Gasteiger partial charge in [-0.25, -0.2) is 4.98 Å². The first kappa shape index (κ1) is 13.2. The van der Waals surface area contributed by atoms with Gasteiger partial charge in [-0.15, -0.1) is 11.3 Å². The van der Waals surface area contributed by atoms with Crippen LogP contribution in [-0.4, -0.2) is 16.1 Å². The number of aryl methyl sites for hydroxylation is 1. The Balaban J connectivity index is 2.98. The van der Waals surface area contributed by atoms with Crippen LogP contribution in [0.5, 0.6) is 0 Å². The van der Waals surface area contributed by atoms with E-state index in [9.17, 15) is 4.79 Å². The molecule has 1 atom stereocenters. The fourth-order valence-electron chi connectivity index (χ4n) is 1.54. The molecule has 0 aromatic carbocycles. The first-order chi connectivity index (χ1) is 7.21. The lowest BCUT2D eigenvalue weighted by Crippen LogP contribution is -2.10. The summed E-state index contributed by atoms with van der Waals surface area (Å²) in [6.45, 7) is 10.3. The van der Waals surface area contributed by atoms with E-state index >= 15 is 0 Å². The minimum Gasteiger partial charge on any atom is -0.481 e. The van der Waals surface area contributed by atoms with Gasteiger partial charge in [-0.05, 0) is 6.92 Å². The normalized spacial score (nSPS) is 13.8. The lowest BCUT2D eigenvalue weighted by atomic mass is 9.98. The number of thiazole rings is 1. The van der Waals surface area contributed by atoms with E-state index in [-0.39, 0.29) is 17.8 Å². The van der Waals surface area contributed by atoms with E-state index in [2.05, 4.69) is 25.8 Å². The third-order valence-corrected chi connectivity index (χ3v) is 4.22. The van der Waals surface area contributed by atoms with E-state index in [4.69, 9.17) is 5.11 Å². The van der Waals surface area contributed by atoms with Crippen molar-refractivity contribution in [3.8, 4) is 0 Å². The van der Waals surface area contributed by atoms with Gasteiger partial charge in [-0.2, -0.15) is 0 Å². The first-order valence-electron chi connectivity index (χ1n) is 5.41. The Kier molecular flexibility index (Phi) is 3.73. The van der Waals surface area contributed by atoms with Gasteiger partial charge in [0, 0.05) is 16.2 Å². The highest BCUT2D eigenvalue weighted by molar-refractivity contribution is 7.12. The predicted molar refractivity (Wildman–Crippen MR) is 66.2 cm³/mol. The SMILES string of the molecule is Cc1nc(C(C)(C)C)sc1C(C)CC(=O)O. The van der Waals surface area contributed by atoms with Gasteiger partial charge >= 0.3 is 5.97 Å². The molecule has 0 radical (unpaired) electrons. The number of nitrogens with zero attached hydrogens (tertiary/aromatic N) is 1. The van der Waals surface area contributed by atoms with Crippen LogP contribution in [0.3, 0.4) is 0 Å². The minimum atomic E-state index is -0.752.